The van der Waals surface area contributed by atoms with Crippen LogP contribution < -0.4 is 0 Å². The fraction of sp³-hybridized carbons (Fsp3) is 0. The van der Waals surface area contributed by atoms with E-state index < -0.39 is 0 Å². The van der Waals surface area contributed by atoms with Gasteiger partial charge in [0.15, 0.2) is 5.58 Å². The third-order valence-corrected chi connectivity index (χ3v) is 2.01. The molecule has 0 amide bonds. The zero-order chi connectivity index (χ0) is 7.97. The summed E-state index contributed by atoms with van der Waals surface area (Å²) in [5.41, 5.74) is 1.88. The summed E-state index contributed by atoms with van der Waals surface area (Å²) in [5.74, 6) is 0. The molecular formula is C9H6N2O. The number of fused-ring (bicyclic) bond motifs is 2. The van der Waals surface area contributed by atoms with Crippen LogP contribution in [0.1, 0.15) is 0 Å². The second-order valence-electron chi connectivity index (χ2n) is 2.76. The van der Waals surface area contributed by atoms with Gasteiger partial charge in [0.2, 0.25) is 0 Å². The van der Waals surface area contributed by atoms with Crippen molar-refractivity contribution in [3.63, 3.8) is 0 Å². The minimum absolute atomic E-state index is 0.871. The number of nitrogens with zero attached hydrogens (tertiary/aromatic N) is 1. The molecule has 3 nitrogen and oxygen atoms in total. The predicted octanol–water partition coefficient (Wildman–Crippen LogP) is 2.31. The van der Waals surface area contributed by atoms with E-state index in [4.69, 9.17) is 4.52 Å². The van der Waals surface area contributed by atoms with Gasteiger partial charge in [0.05, 0.1) is 5.52 Å². The van der Waals surface area contributed by atoms with Crippen LogP contribution in [0.4, 0.5) is 0 Å². The van der Waals surface area contributed by atoms with Gasteiger partial charge in [-0.1, -0.05) is 0 Å². The molecule has 0 fully saturated rings. The van der Waals surface area contributed by atoms with Crippen molar-refractivity contribution in [1.29, 1.82) is 0 Å². The smallest absolute Gasteiger partial charge is 0.164 e. The third kappa shape index (κ3) is 0.625. The molecule has 0 unspecified atom stereocenters. The molecule has 0 bridgehead atoms. The van der Waals surface area contributed by atoms with E-state index in [0.29, 0.717) is 0 Å². The summed E-state index contributed by atoms with van der Waals surface area (Å²) in [4.78, 5) is 4.19. The van der Waals surface area contributed by atoms with E-state index in [1.54, 1.807) is 6.20 Å². The molecule has 3 aromatic rings. The zero-order valence-electron chi connectivity index (χ0n) is 6.24. The number of aromatic amines is 1. The van der Waals surface area contributed by atoms with Crippen LogP contribution in [0.15, 0.2) is 35.1 Å². The van der Waals surface area contributed by atoms with Crippen molar-refractivity contribution in [1.82, 2.24) is 10.1 Å². The lowest BCUT2D eigenvalue weighted by Gasteiger charge is -1.86. The first-order valence-electron chi connectivity index (χ1n) is 3.74. The first-order valence-corrected chi connectivity index (χ1v) is 3.74. The molecule has 1 aromatic carbocycles. The SMILES string of the molecule is c1cc2cc3o[nH]cc3cc2n1. The van der Waals surface area contributed by atoms with Crippen LogP contribution in [-0.2, 0) is 0 Å². The van der Waals surface area contributed by atoms with Gasteiger partial charge in [-0.15, -0.1) is 0 Å². The van der Waals surface area contributed by atoms with Crippen LogP contribution in [-0.4, -0.2) is 10.1 Å². The van der Waals surface area contributed by atoms with Gasteiger partial charge in [0.1, 0.15) is 0 Å². The predicted molar refractivity (Wildman–Crippen MR) is 45.9 cm³/mol. The Labute approximate surface area is 68.0 Å². The minimum atomic E-state index is 0.871. The van der Waals surface area contributed by atoms with Crippen LogP contribution >= 0.6 is 0 Å². The average Bonchev–Trinajstić information content (AvgIpc) is 2.64. The Bertz CT molecular complexity index is 444. The van der Waals surface area contributed by atoms with E-state index in [1.165, 1.54) is 0 Å². The first-order chi connectivity index (χ1) is 5.93. The van der Waals surface area contributed by atoms with Crippen molar-refractivity contribution in [2.75, 3.05) is 0 Å². The lowest BCUT2D eigenvalue weighted by molar-refractivity contribution is 0.456. The van der Waals surface area contributed by atoms with Crippen LogP contribution in [0, 0.1) is 0 Å². The molecule has 0 aliphatic heterocycles. The monoisotopic (exact) mass is 158 g/mol. The molecular weight excluding hydrogens is 152 g/mol. The summed E-state index contributed by atoms with van der Waals surface area (Å²) in [6.07, 6.45) is 3.62. The molecule has 3 heteroatoms. The molecule has 58 valence electrons. The lowest BCUT2D eigenvalue weighted by Crippen LogP contribution is -1.66. The highest BCUT2D eigenvalue weighted by molar-refractivity contribution is 5.93. The lowest BCUT2D eigenvalue weighted by atomic mass is 10.2. The summed E-state index contributed by atoms with van der Waals surface area (Å²) in [7, 11) is 0. The second-order valence-corrected chi connectivity index (χ2v) is 2.76. The Morgan fingerprint density at radius 3 is 3.25 bits per heavy atom. The van der Waals surface area contributed by atoms with E-state index in [2.05, 4.69) is 10.1 Å². The summed E-state index contributed by atoms with van der Waals surface area (Å²) < 4.78 is 5.14. The summed E-state index contributed by atoms with van der Waals surface area (Å²) in [5, 5.41) is 4.87. The number of H-pyrrole nitrogens is 1. The number of aromatic nitrogens is 2. The highest BCUT2D eigenvalue weighted by Crippen LogP contribution is 2.20. The number of hydrogen-bond acceptors (Lipinski definition) is 2. The number of nitrogens with one attached hydrogen (secondary N) is 1. The summed E-state index contributed by atoms with van der Waals surface area (Å²) in [6, 6.07) is 5.95. The highest BCUT2D eigenvalue weighted by atomic mass is 16.5. The largest absolute Gasteiger partial charge is 0.382 e. The molecule has 12 heavy (non-hydrogen) atoms. The van der Waals surface area contributed by atoms with Gasteiger partial charge in [-0.25, -0.2) is 5.16 Å². The van der Waals surface area contributed by atoms with Gasteiger partial charge in [-0.3, -0.25) is 4.98 Å². The maximum atomic E-state index is 5.14. The van der Waals surface area contributed by atoms with Gasteiger partial charge >= 0.3 is 0 Å². The molecule has 0 saturated heterocycles. The average molecular weight is 158 g/mol. The van der Waals surface area contributed by atoms with Gasteiger partial charge in [0.25, 0.3) is 0 Å². The van der Waals surface area contributed by atoms with E-state index >= 15 is 0 Å². The number of hydrogen-bond donors (Lipinski definition) is 1. The molecule has 0 aliphatic carbocycles. The van der Waals surface area contributed by atoms with E-state index in [1.807, 2.05) is 24.4 Å². The van der Waals surface area contributed by atoms with Crippen molar-refractivity contribution in [3.05, 3.63) is 30.6 Å². The fourth-order valence-electron chi connectivity index (χ4n) is 1.40. The van der Waals surface area contributed by atoms with Crippen molar-refractivity contribution >= 4 is 21.9 Å². The Hall–Kier alpha value is -1.77. The van der Waals surface area contributed by atoms with E-state index in [0.717, 1.165) is 21.9 Å². The van der Waals surface area contributed by atoms with Crippen molar-refractivity contribution in [2.24, 2.45) is 0 Å². The highest BCUT2D eigenvalue weighted by Gasteiger charge is 2.00. The second kappa shape index (κ2) is 1.88. The fourth-order valence-corrected chi connectivity index (χ4v) is 1.40. The summed E-state index contributed by atoms with van der Waals surface area (Å²) in [6.45, 7) is 0. The molecule has 0 aliphatic rings. The van der Waals surface area contributed by atoms with Gasteiger partial charge < -0.3 is 4.52 Å². The zero-order valence-corrected chi connectivity index (χ0v) is 6.24. The summed E-state index contributed by atoms with van der Waals surface area (Å²) >= 11 is 0. The Balaban J connectivity index is 2.62. The molecule has 0 atom stereocenters. The quantitative estimate of drug-likeness (QED) is 0.545. The molecule has 1 N–H and O–H groups in total. The Morgan fingerprint density at radius 1 is 1.25 bits per heavy atom. The number of benzene rings is 1. The molecule has 0 spiro atoms. The first kappa shape index (κ1) is 5.83. The van der Waals surface area contributed by atoms with Crippen molar-refractivity contribution in [2.45, 2.75) is 0 Å². The van der Waals surface area contributed by atoms with Crippen molar-refractivity contribution < 1.29 is 4.52 Å². The normalized spacial score (nSPS) is 11.3. The molecule has 0 saturated carbocycles. The van der Waals surface area contributed by atoms with Crippen molar-refractivity contribution in [3.8, 4) is 0 Å². The molecule has 2 aromatic heterocycles. The van der Waals surface area contributed by atoms with E-state index in [-0.39, 0.29) is 0 Å². The number of rotatable bonds is 0. The maximum absolute atomic E-state index is 5.14. The molecule has 0 radical (unpaired) electrons. The van der Waals surface area contributed by atoms with Crippen LogP contribution in [0.3, 0.4) is 0 Å². The Morgan fingerprint density at radius 2 is 2.25 bits per heavy atom. The van der Waals surface area contributed by atoms with Gasteiger partial charge in [-0.05, 0) is 18.2 Å². The Kier molecular flexibility index (Phi) is 0.913. The topological polar surface area (TPSA) is 41.8 Å². The molecule has 2 heterocycles. The maximum Gasteiger partial charge on any atom is 0.164 e. The van der Waals surface area contributed by atoms with E-state index in [9.17, 15) is 0 Å². The molecule has 3 rings (SSSR count). The minimum Gasteiger partial charge on any atom is -0.382 e. The third-order valence-electron chi connectivity index (χ3n) is 2.01. The van der Waals surface area contributed by atoms with Gasteiger partial charge in [0, 0.05) is 23.2 Å². The van der Waals surface area contributed by atoms with Gasteiger partial charge in [-0.2, -0.15) is 0 Å². The standard InChI is InChI=1S/C9H6N2O/c1-2-10-8-3-7-5-11-12-9(7)4-6(1)8/h1-5,11H. The van der Waals surface area contributed by atoms with Crippen LogP contribution in [0.5, 0.6) is 0 Å². The van der Waals surface area contributed by atoms with Crippen LogP contribution in [0.25, 0.3) is 21.9 Å². The van der Waals surface area contributed by atoms with Crippen LogP contribution in [0.2, 0.25) is 0 Å².